The van der Waals surface area contributed by atoms with Crippen molar-refractivity contribution in [3.8, 4) is 11.5 Å². The van der Waals surface area contributed by atoms with Crippen molar-refractivity contribution in [1.82, 2.24) is 25.0 Å². The van der Waals surface area contributed by atoms with Gasteiger partial charge in [0.1, 0.15) is 23.1 Å². The minimum absolute atomic E-state index is 0.311. The molecule has 2 aromatic carbocycles. The predicted molar refractivity (Wildman–Crippen MR) is 115 cm³/mol. The lowest BCUT2D eigenvalue weighted by molar-refractivity contribution is -0.137. The molecule has 3 heterocycles. The fourth-order valence-electron chi connectivity index (χ4n) is 4.07. The lowest BCUT2D eigenvalue weighted by Gasteiger charge is -2.25. The molecule has 0 unspecified atom stereocenters. The van der Waals surface area contributed by atoms with Gasteiger partial charge < -0.3 is 9.64 Å². The summed E-state index contributed by atoms with van der Waals surface area (Å²) in [5, 5.41) is 6.31. The van der Waals surface area contributed by atoms with Crippen LogP contribution in [-0.4, -0.2) is 57.0 Å². The van der Waals surface area contributed by atoms with Crippen LogP contribution in [-0.2, 0) is 12.7 Å². The maximum absolute atomic E-state index is 13.5. The van der Waals surface area contributed by atoms with Crippen LogP contribution in [0.2, 0.25) is 0 Å². The van der Waals surface area contributed by atoms with Crippen LogP contribution in [0.5, 0.6) is 11.5 Å². The van der Waals surface area contributed by atoms with Gasteiger partial charge in [-0.3, -0.25) is 9.88 Å². The van der Waals surface area contributed by atoms with E-state index in [1.165, 1.54) is 6.07 Å². The number of aromatic amines is 2. The van der Waals surface area contributed by atoms with Gasteiger partial charge >= 0.3 is 11.9 Å². The van der Waals surface area contributed by atoms with Gasteiger partial charge in [-0.05, 0) is 36.8 Å². The molecule has 8 nitrogen and oxygen atoms in total. The van der Waals surface area contributed by atoms with E-state index in [0.717, 1.165) is 25.1 Å². The van der Waals surface area contributed by atoms with Crippen LogP contribution in [0.25, 0.3) is 0 Å². The summed E-state index contributed by atoms with van der Waals surface area (Å²) >= 11 is 0. The monoisotopic (exact) mass is 458 g/mol. The van der Waals surface area contributed by atoms with Crippen molar-refractivity contribution in [1.29, 1.82) is 0 Å². The molecule has 0 atom stereocenters. The number of benzene rings is 2. The van der Waals surface area contributed by atoms with E-state index in [1.54, 1.807) is 18.2 Å². The highest BCUT2D eigenvalue weighted by Crippen LogP contribution is 2.40. The maximum Gasteiger partial charge on any atom is 0.416 e. The second kappa shape index (κ2) is 8.39. The predicted octanol–water partition coefficient (Wildman–Crippen LogP) is 3.51. The molecule has 5 rings (SSSR count). The Morgan fingerprint density at radius 3 is 2.67 bits per heavy atom. The number of ether oxygens (including phenoxy) is 1. The fourth-order valence-corrected chi connectivity index (χ4v) is 4.07. The number of nitrogens with one attached hydrogen (secondary N) is 2. The minimum Gasteiger partial charge on any atom is -0.454 e. The molecule has 2 aliphatic rings. The average molecular weight is 458 g/mol. The van der Waals surface area contributed by atoms with Crippen molar-refractivity contribution >= 4 is 11.5 Å². The van der Waals surface area contributed by atoms with Crippen LogP contribution in [0.3, 0.4) is 0 Å². The summed E-state index contributed by atoms with van der Waals surface area (Å²) in [4.78, 5) is 22.8. The first-order valence-electron chi connectivity index (χ1n) is 10.5. The standard InChI is InChI=1S/C22H21F3N6O2/c23-22(24,25)14-6-7-17-15(12-14)20(26-16-4-1-2-5-18(16)33-17)31-9-3-8-30(10-11-31)13-19-27-21(32)29-28-19/h1-2,4-7,12H,3,8-11,13H2,(H2,27,28,29,32). The molecule has 1 aromatic heterocycles. The van der Waals surface area contributed by atoms with Gasteiger partial charge in [0.05, 0.1) is 17.7 Å². The highest BCUT2D eigenvalue weighted by Gasteiger charge is 2.33. The van der Waals surface area contributed by atoms with Crippen LogP contribution < -0.4 is 10.4 Å². The van der Waals surface area contributed by atoms with Gasteiger partial charge in [0.15, 0.2) is 5.75 Å². The van der Waals surface area contributed by atoms with Crippen molar-refractivity contribution in [2.75, 3.05) is 26.2 Å². The third-order valence-corrected chi connectivity index (χ3v) is 5.67. The Labute approximate surface area is 186 Å². The number of amidine groups is 1. The van der Waals surface area contributed by atoms with E-state index in [-0.39, 0.29) is 5.69 Å². The first-order chi connectivity index (χ1) is 15.9. The number of aromatic nitrogens is 3. The summed E-state index contributed by atoms with van der Waals surface area (Å²) in [5.41, 5.74) is -0.231. The second-order valence-corrected chi connectivity index (χ2v) is 7.96. The van der Waals surface area contributed by atoms with Gasteiger partial charge in [0.25, 0.3) is 0 Å². The summed E-state index contributed by atoms with van der Waals surface area (Å²) in [6.45, 7) is 3.02. The van der Waals surface area contributed by atoms with E-state index in [4.69, 9.17) is 9.73 Å². The van der Waals surface area contributed by atoms with Gasteiger partial charge in [0, 0.05) is 26.2 Å². The van der Waals surface area contributed by atoms with E-state index in [2.05, 4.69) is 20.1 Å². The van der Waals surface area contributed by atoms with Gasteiger partial charge in [-0.25, -0.2) is 14.9 Å². The summed E-state index contributed by atoms with van der Waals surface area (Å²) < 4.78 is 46.4. The number of para-hydroxylation sites is 2. The molecule has 0 bridgehead atoms. The fraction of sp³-hybridized carbons (Fsp3) is 0.318. The highest BCUT2D eigenvalue weighted by molar-refractivity contribution is 6.04. The number of hydrogen-bond acceptors (Lipinski definition) is 6. The lowest BCUT2D eigenvalue weighted by Crippen LogP contribution is -2.36. The minimum atomic E-state index is -4.48. The topological polar surface area (TPSA) is 89.6 Å². The molecule has 0 amide bonds. The molecular weight excluding hydrogens is 437 g/mol. The summed E-state index contributed by atoms with van der Waals surface area (Å²) in [6.07, 6.45) is -3.71. The average Bonchev–Trinajstić information content (AvgIpc) is 2.97. The summed E-state index contributed by atoms with van der Waals surface area (Å²) in [6, 6.07) is 10.6. The largest absolute Gasteiger partial charge is 0.454 e. The van der Waals surface area contributed by atoms with E-state index in [0.29, 0.717) is 60.6 Å². The Morgan fingerprint density at radius 1 is 1.03 bits per heavy atom. The zero-order valence-corrected chi connectivity index (χ0v) is 17.5. The van der Waals surface area contributed by atoms with E-state index in [9.17, 15) is 18.0 Å². The maximum atomic E-state index is 13.5. The first-order valence-corrected chi connectivity index (χ1v) is 10.5. The highest BCUT2D eigenvalue weighted by atomic mass is 19.4. The van der Waals surface area contributed by atoms with Crippen LogP contribution in [0.15, 0.2) is 52.3 Å². The SMILES string of the molecule is O=c1[nH]nc(CN2CCCN(C3=Nc4ccccc4Oc4ccc(C(F)(F)F)cc43)CC2)[nH]1. The Morgan fingerprint density at radius 2 is 1.88 bits per heavy atom. The van der Waals surface area contributed by atoms with Gasteiger partial charge in [-0.1, -0.05) is 12.1 Å². The molecule has 11 heteroatoms. The number of nitrogens with zero attached hydrogens (tertiary/aromatic N) is 4. The Kier molecular flexibility index (Phi) is 5.41. The van der Waals surface area contributed by atoms with Crippen LogP contribution in [0.4, 0.5) is 18.9 Å². The smallest absolute Gasteiger partial charge is 0.416 e. The van der Waals surface area contributed by atoms with Crippen molar-refractivity contribution in [3.63, 3.8) is 0 Å². The number of aliphatic imine (C=N–C) groups is 1. The molecule has 3 aromatic rings. The van der Waals surface area contributed by atoms with Crippen molar-refractivity contribution in [2.24, 2.45) is 4.99 Å². The number of rotatable bonds is 2. The molecule has 0 aliphatic carbocycles. The molecule has 33 heavy (non-hydrogen) atoms. The first kappa shape index (κ1) is 21.3. The Hall–Kier alpha value is -3.60. The third kappa shape index (κ3) is 4.49. The molecule has 2 aliphatic heterocycles. The number of alkyl halides is 3. The van der Waals surface area contributed by atoms with Crippen molar-refractivity contribution in [3.05, 3.63) is 69.9 Å². The molecule has 1 fully saturated rings. The molecule has 0 radical (unpaired) electrons. The molecule has 172 valence electrons. The normalized spacial score (nSPS) is 16.8. The number of hydrogen-bond donors (Lipinski definition) is 2. The summed E-state index contributed by atoms with van der Waals surface area (Å²) in [5.74, 6) is 1.83. The van der Waals surface area contributed by atoms with Gasteiger partial charge in [-0.15, -0.1) is 0 Å². The van der Waals surface area contributed by atoms with E-state index >= 15 is 0 Å². The number of fused-ring (bicyclic) bond motifs is 2. The van der Waals surface area contributed by atoms with E-state index < -0.39 is 11.7 Å². The van der Waals surface area contributed by atoms with Crippen LogP contribution >= 0.6 is 0 Å². The lowest BCUT2D eigenvalue weighted by atomic mass is 10.1. The molecule has 0 saturated carbocycles. The number of H-pyrrole nitrogens is 2. The summed E-state index contributed by atoms with van der Waals surface area (Å²) in [7, 11) is 0. The van der Waals surface area contributed by atoms with Crippen LogP contribution in [0, 0.1) is 0 Å². The zero-order valence-electron chi connectivity index (χ0n) is 17.5. The van der Waals surface area contributed by atoms with Crippen molar-refractivity contribution < 1.29 is 17.9 Å². The van der Waals surface area contributed by atoms with Crippen molar-refractivity contribution in [2.45, 2.75) is 19.1 Å². The molecule has 0 spiro atoms. The van der Waals surface area contributed by atoms with Gasteiger partial charge in [0.2, 0.25) is 0 Å². The Bertz CT molecular complexity index is 1250. The number of halogens is 3. The van der Waals surface area contributed by atoms with Gasteiger partial charge in [-0.2, -0.15) is 18.3 Å². The second-order valence-electron chi connectivity index (χ2n) is 7.96. The molecule has 2 N–H and O–H groups in total. The molecular formula is C22H21F3N6O2. The molecule has 1 saturated heterocycles. The van der Waals surface area contributed by atoms with Crippen LogP contribution in [0.1, 0.15) is 23.4 Å². The quantitative estimate of drug-likeness (QED) is 0.614. The zero-order chi connectivity index (χ0) is 23.0. The third-order valence-electron chi connectivity index (χ3n) is 5.67. The Balaban J connectivity index is 1.48. The van der Waals surface area contributed by atoms with E-state index in [1.807, 2.05) is 11.0 Å².